The SMILES string of the molecule is Cc1ccc(C(=O)N2[C@@H](C(=O)N(C)Cc3ccccc3)COC23CCN(C(=O)c2ccccc2C)CC3)cc1. The maximum absolute atomic E-state index is 14.0. The third kappa shape index (κ3) is 5.32. The molecule has 0 radical (unpaired) electrons. The van der Waals surface area contributed by atoms with E-state index in [2.05, 4.69) is 0 Å². The number of carbonyl (C=O) groups excluding carboxylic acids is 3. The number of benzene rings is 3. The molecule has 3 aromatic rings. The monoisotopic (exact) mass is 525 g/mol. The second kappa shape index (κ2) is 11.0. The van der Waals surface area contributed by atoms with Gasteiger partial charge in [-0.1, -0.05) is 66.2 Å². The van der Waals surface area contributed by atoms with Gasteiger partial charge in [-0.25, -0.2) is 0 Å². The minimum absolute atomic E-state index is 0.0208. The quantitative estimate of drug-likeness (QED) is 0.494. The second-order valence-corrected chi connectivity index (χ2v) is 10.6. The molecule has 2 saturated heterocycles. The van der Waals surface area contributed by atoms with Crippen LogP contribution >= 0.6 is 0 Å². The average Bonchev–Trinajstić information content (AvgIpc) is 3.31. The van der Waals surface area contributed by atoms with Crippen LogP contribution in [0.15, 0.2) is 78.9 Å². The van der Waals surface area contributed by atoms with Crippen molar-refractivity contribution in [3.63, 3.8) is 0 Å². The molecule has 7 nitrogen and oxygen atoms in total. The van der Waals surface area contributed by atoms with Crippen LogP contribution in [0, 0.1) is 13.8 Å². The summed E-state index contributed by atoms with van der Waals surface area (Å²) in [5, 5.41) is 0. The number of aryl methyl sites for hydroxylation is 2. The molecule has 202 valence electrons. The van der Waals surface area contributed by atoms with Gasteiger partial charge in [0.05, 0.1) is 6.61 Å². The predicted molar refractivity (Wildman–Crippen MR) is 149 cm³/mol. The zero-order valence-corrected chi connectivity index (χ0v) is 22.8. The highest BCUT2D eigenvalue weighted by Gasteiger charge is 2.54. The lowest BCUT2D eigenvalue weighted by atomic mass is 9.95. The highest BCUT2D eigenvalue weighted by atomic mass is 16.5. The Kier molecular flexibility index (Phi) is 7.53. The smallest absolute Gasteiger partial charge is 0.256 e. The lowest BCUT2D eigenvalue weighted by Gasteiger charge is -2.45. The lowest BCUT2D eigenvalue weighted by Crippen LogP contribution is -2.59. The van der Waals surface area contributed by atoms with Gasteiger partial charge < -0.3 is 14.5 Å². The van der Waals surface area contributed by atoms with E-state index in [0.717, 1.165) is 16.7 Å². The maximum Gasteiger partial charge on any atom is 0.256 e. The molecule has 2 aliphatic heterocycles. The molecule has 2 fully saturated rings. The van der Waals surface area contributed by atoms with Crippen molar-refractivity contribution in [2.24, 2.45) is 0 Å². The molecule has 2 heterocycles. The molecule has 0 aliphatic carbocycles. The Labute approximate surface area is 230 Å². The van der Waals surface area contributed by atoms with Gasteiger partial charge in [0.1, 0.15) is 11.8 Å². The molecular formula is C32H35N3O4. The van der Waals surface area contributed by atoms with Gasteiger partial charge in [-0.05, 0) is 43.2 Å². The van der Waals surface area contributed by atoms with Crippen molar-refractivity contribution in [3.05, 3.63) is 107 Å². The topological polar surface area (TPSA) is 70.2 Å². The average molecular weight is 526 g/mol. The number of carbonyl (C=O) groups is 3. The third-order valence-corrected chi connectivity index (χ3v) is 7.91. The Hall–Kier alpha value is -3.97. The highest BCUT2D eigenvalue weighted by Crippen LogP contribution is 2.39. The Balaban J connectivity index is 1.39. The molecule has 1 atom stereocenters. The molecule has 7 heteroatoms. The Morgan fingerprint density at radius 1 is 0.872 bits per heavy atom. The van der Waals surface area contributed by atoms with Crippen LogP contribution in [0.25, 0.3) is 0 Å². The molecule has 39 heavy (non-hydrogen) atoms. The van der Waals surface area contributed by atoms with Crippen molar-refractivity contribution < 1.29 is 19.1 Å². The van der Waals surface area contributed by atoms with Gasteiger partial charge in [-0.2, -0.15) is 0 Å². The van der Waals surface area contributed by atoms with E-state index in [4.69, 9.17) is 4.74 Å². The largest absolute Gasteiger partial charge is 0.353 e. The van der Waals surface area contributed by atoms with Crippen LogP contribution in [0.5, 0.6) is 0 Å². The number of amides is 3. The summed E-state index contributed by atoms with van der Waals surface area (Å²) in [4.78, 5) is 46.2. The van der Waals surface area contributed by atoms with Crippen LogP contribution in [-0.4, -0.2) is 70.9 Å². The van der Waals surface area contributed by atoms with Gasteiger partial charge in [0.2, 0.25) is 5.91 Å². The standard InChI is InChI=1S/C32H35N3O4/c1-23-13-15-26(16-14-23)29(36)35-28(31(38)33(3)21-25-10-5-4-6-11-25)22-39-32(35)17-19-34(20-18-32)30(37)27-12-8-7-9-24(27)2/h4-16,28H,17-22H2,1-3H3/t28-/m1/s1. The Morgan fingerprint density at radius 2 is 1.51 bits per heavy atom. The van der Waals surface area contributed by atoms with Crippen molar-refractivity contribution >= 4 is 17.7 Å². The minimum atomic E-state index is -0.946. The fourth-order valence-electron chi connectivity index (χ4n) is 5.62. The molecule has 3 aromatic carbocycles. The van der Waals surface area contributed by atoms with Gasteiger partial charge in [0, 0.05) is 50.7 Å². The molecule has 0 aromatic heterocycles. The van der Waals surface area contributed by atoms with Crippen molar-refractivity contribution in [2.75, 3.05) is 26.7 Å². The van der Waals surface area contributed by atoms with E-state index < -0.39 is 11.8 Å². The van der Waals surface area contributed by atoms with Crippen LogP contribution in [0.3, 0.4) is 0 Å². The number of rotatable bonds is 5. The summed E-state index contributed by atoms with van der Waals surface area (Å²) >= 11 is 0. The molecule has 0 N–H and O–H groups in total. The molecule has 0 bridgehead atoms. The van der Waals surface area contributed by atoms with Crippen LogP contribution in [0.1, 0.15) is 50.2 Å². The first kappa shape index (κ1) is 26.6. The van der Waals surface area contributed by atoms with Crippen molar-refractivity contribution in [1.29, 1.82) is 0 Å². The zero-order valence-electron chi connectivity index (χ0n) is 22.8. The summed E-state index contributed by atoms with van der Waals surface area (Å²) in [6.07, 6.45) is 0.878. The molecule has 0 unspecified atom stereocenters. The Bertz CT molecular complexity index is 1350. The second-order valence-electron chi connectivity index (χ2n) is 10.6. The maximum atomic E-state index is 14.0. The van der Waals surface area contributed by atoms with Crippen LogP contribution < -0.4 is 0 Å². The van der Waals surface area contributed by atoms with Crippen LogP contribution in [0.4, 0.5) is 0 Å². The van der Waals surface area contributed by atoms with Crippen molar-refractivity contribution in [1.82, 2.24) is 14.7 Å². The molecule has 5 rings (SSSR count). The number of likely N-dealkylation sites (N-methyl/N-ethyl adjacent to an activating group) is 1. The van der Waals surface area contributed by atoms with Crippen molar-refractivity contribution in [2.45, 2.75) is 45.0 Å². The third-order valence-electron chi connectivity index (χ3n) is 7.91. The summed E-state index contributed by atoms with van der Waals surface area (Å²) in [6, 6.07) is 24.0. The summed E-state index contributed by atoms with van der Waals surface area (Å²) in [6.45, 7) is 5.34. The van der Waals surface area contributed by atoms with E-state index in [1.54, 1.807) is 29.0 Å². The van der Waals surface area contributed by atoms with Crippen molar-refractivity contribution in [3.8, 4) is 0 Å². The summed E-state index contributed by atoms with van der Waals surface area (Å²) in [7, 11) is 1.76. The zero-order chi connectivity index (χ0) is 27.6. The normalized spacial score (nSPS) is 18.3. The van der Waals surface area contributed by atoms with E-state index in [0.29, 0.717) is 43.6 Å². The van der Waals surface area contributed by atoms with E-state index in [1.807, 2.05) is 85.5 Å². The molecule has 0 saturated carbocycles. The van der Waals surface area contributed by atoms with Crippen LogP contribution in [-0.2, 0) is 16.1 Å². The lowest BCUT2D eigenvalue weighted by molar-refractivity contribution is -0.137. The highest BCUT2D eigenvalue weighted by molar-refractivity contribution is 5.99. The van der Waals surface area contributed by atoms with Gasteiger partial charge in [-0.15, -0.1) is 0 Å². The molecule has 3 amide bonds. The number of hydrogen-bond acceptors (Lipinski definition) is 4. The van der Waals surface area contributed by atoms with E-state index >= 15 is 0 Å². The fraction of sp³-hybridized carbons (Fsp3) is 0.344. The van der Waals surface area contributed by atoms with Gasteiger partial charge in [-0.3, -0.25) is 19.3 Å². The first-order valence-corrected chi connectivity index (χ1v) is 13.5. The minimum Gasteiger partial charge on any atom is -0.353 e. The number of likely N-dealkylation sites (tertiary alicyclic amines) is 1. The predicted octanol–water partition coefficient (Wildman–Crippen LogP) is 4.44. The van der Waals surface area contributed by atoms with Gasteiger partial charge in [0.15, 0.2) is 0 Å². The van der Waals surface area contributed by atoms with Crippen LogP contribution in [0.2, 0.25) is 0 Å². The van der Waals surface area contributed by atoms with Gasteiger partial charge >= 0.3 is 0 Å². The van der Waals surface area contributed by atoms with E-state index in [1.165, 1.54) is 0 Å². The summed E-state index contributed by atoms with van der Waals surface area (Å²) in [5.41, 5.74) is 3.26. The molecular weight excluding hydrogens is 490 g/mol. The molecule has 1 spiro atoms. The number of piperidine rings is 1. The first-order chi connectivity index (χ1) is 18.8. The summed E-state index contributed by atoms with van der Waals surface area (Å²) in [5.74, 6) is -0.403. The van der Waals surface area contributed by atoms with E-state index in [-0.39, 0.29) is 24.3 Å². The van der Waals surface area contributed by atoms with Gasteiger partial charge in [0.25, 0.3) is 11.8 Å². The number of nitrogens with zero attached hydrogens (tertiary/aromatic N) is 3. The number of ether oxygens (including phenoxy) is 1. The summed E-state index contributed by atoms with van der Waals surface area (Å²) < 4.78 is 6.37. The fourth-order valence-corrected chi connectivity index (χ4v) is 5.62. The van der Waals surface area contributed by atoms with E-state index in [9.17, 15) is 14.4 Å². The Morgan fingerprint density at radius 3 is 2.18 bits per heavy atom. The number of hydrogen-bond donors (Lipinski definition) is 0. The molecule has 2 aliphatic rings. The first-order valence-electron chi connectivity index (χ1n) is 13.5.